The summed E-state index contributed by atoms with van der Waals surface area (Å²) in [7, 11) is 0. The first-order valence-electron chi connectivity index (χ1n) is 8.71. The molecule has 3 unspecified atom stereocenters. The molecule has 3 atom stereocenters. The first kappa shape index (κ1) is 14.8. The summed E-state index contributed by atoms with van der Waals surface area (Å²) in [5.74, 6) is 1.64. The Kier molecular flexibility index (Phi) is 3.49. The van der Waals surface area contributed by atoms with E-state index in [9.17, 15) is 0 Å². The van der Waals surface area contributed by atoms with Crippen molar-refractivity contribution in [2.24, 2.45) is 33.8 Å². The summed E-state index contributed by atoms with van der Waals surface area (Å²) in [6, 6.07) is 0.489. The number of nitrogens with two attached hydrogens (primary N) is 1. The molecule has 116 valence electrons. The van der Waals surface area contributed by atoms with Crippen LogP contribution in [0.15, 0.2) is 0 Å². The molecule has 0 radical (unpaired) electrons. The van der Waals surface area contributed by atoms with E-state index in [0.29, 0.717) is 28.2 Å². The van der Waals surface area contributed by atoms with Crippen LogP contribution in [0.3, 0.4) is 0 Å². The zero-order valence-electron chi connectivity index (χ0n) is 14.0. The van der Waals surface area contributed by atoms with Crippen molar-refractivity contribution < 1.29 is 0 Å². The molecule has 4 saturated carbocycles. The Morgan fingerprint density at radius 1 is 1.05 bits per heavy atom. The smallest absolute Gasteiger partial charge is 0.0213 e. The molecule has 4 bridgehead atoms. The van der Waals surface area contributed by atoms with Gasteiger partial charge in [-0.2, -0.15) is 0 Å². The molecular formula is C18H34N2. The van der Waals surface area contributed by atoms with Gasteiger partial charge in [0.1, 0.15) is 0 Å². The van der Waals surface area contributed by atoms with Gasteiger partial charge < -0.3 is 11.1 Å². The Morgan fingerprint density at radius 2 is 1.65 bits per heavy atom. The van der Waals surface area contributed by atoms with Crippen molar-refractivity contribution in [1.29, 1.82) is 0 Å². The van der Waals surface area contributed by atoms with Gasteiger partial charge in [0.15, 0.2) is 0 Å². The van der Waals surface area contributed by atoms with Crippen LogP contribution < -0.4 is 11.1 Å². The lowest BCUT2D eigenvalue weighted by atomic mass is 9.40. The molecule has 4 fully saturated rings. The number of hydrogen-bond acceptors (Lipinski definition) is 2. The minimum atomic E-state index is 0.489. The zero-order valence-corrected chi connectivity index (χ0v) is 14.0. The molecule has 0 aliphatic heterocycles. The van der Waals surface area contributed by atoms with E-state index >= 15 is 0 Å². The minimum Gasteiger partial charge on any atom is -0.329 e. The van der Waals surface area contributed by atoms with Crippen LogP contribution in [0.25, 0.3) is 0 Å². The van der Waals surface area contributed by atoms with Crippen LogP contribution in [0, 0.1) is 28.1 Å². The van der Waals surface area contributed by atoms with Crippen LogP contribution in [0.5, 0.6) is 0 Å². The highest BCUT2D eigenvalue weighted by atomic mass is 15.0. The predicted molar refractivity (Wildman–Crippen MR) is 85.5 cm³/mol. The lowest BCUT2D eigenvalue weighted by Gasteiger charge is -2.65. The second-order valence-corrected chi connectivity index (χ2v) is 9.60. The van der Waals surface area contributed by atoms with Crippen LogP contribution >= 0.6 is 0 Å². The molecule has 20 heavy (non-hydrogen) atoms. The van der Waals surface area contributed by atoms with Gasteiger partial charge in [0.05, 0.1) is 0 Å². The molecule has 4 aliphatic rings. The highest BCUT2D eigenvalue weighted by Crippen LogP contribution is 2.69. The van der Waals surface area contributed by atoms with Gasteiger partial charge in [0.2, 0.25) is 0 Å². The molecule has 0 aromatic heterocycles. The zero-order chi connectivity index (χ0) is 14.6. The number of rotatable bonds is 5. The summed E-state index contributed by atoms with van der Waals surface area (Å²) in [5.41, 5.74) is 7.78. The van der Waals surface area contributed by atoms with Gasteiger partial charge in [-0.15, -0.1) is 0 Å². The summed E-state index contributed by atoms with van der Waals surface area (Å²) in [6.07, 6.45) is 8.84. The Labute approximate surface area is 125 Å². The van der Waals surface area contributed by atoms with Crippen molar-refractivity contribution >= 4 is 0 Å². The third kappa shape index (κ3) is 2.54. The van der Waals surface area contributed by atoms with Crippen LogP contribution in [-0.2, 0) is 0 Å². The molecular weight excluding hydrogens is 244 g/mol. The average Bonchev–Trinajstić information content (AvgIpc) is 2.23. The van der Waals surface area contributed by atoms with Gasteiger partial charge >= 0.3 is 0 Å². The largest absolute Gasteiger partial charge is 0.329 e. The first-order valence-corrected chi connectivity index (χ1v) is 8.71. The molecule has 2 nitrogen and oxygen atoms in total. The Balaban J connectivity index is 1.72. The van der Waals surface area contributed by atoms with Crippen LogP contribution in [-0.4, -0.2) is 19.1 Å². The normalized spacial score (nSPS) is 48.0. The summed E-state index contributed by atoms with van der Waals surface area (Å²) in [4.78, 5) is 0. The lowest BCUT2D eigenvalue weighted by molar-refractivity contribution is -0.143. The average molecular weight is 278 g/mol. The SMILES string of the molecule is CC(C)C(CN)NCC12CC3CC(C)(CC(C)(C3)C1)C2. The maximum atomic E-state index is 5.94. The van der Waals surface area contributed by atoms with E-state index in [1.165, 1.54) is 45.1 Å². The van der Waals surface area contributed by atoms with Gasteiger partial charge in [-0.3, -0.25) is 0 Å². The number of hydrogen-bond donors (Lipinski definition) is 2. The van der Waals surface area contributed by atoms with E-state index in [2.05, 4.69) is 33.0 Å². The summed E-state index contributed by atoms with van der Waals surface area (Å²) >= 11 is 0. The fourth-order valence-corrected chi connectivity index (χ4v) is 6.82. The van der Waals surface area contributed by atoms with Crippen molar-refractivity contribution in [3.05, 3.63) is 0 Å². The number of nitrogens with one attached hydrogen (secondary N) is 1. The molecule has 0 heterocycles. The molecule has 0 amide bonds. The Bertz CT molecular complexity index is 358. The molecule has 0 aromatic rings. The fraction of sp³-hybridized carbons (Fsp3) is 1.00. The topological polar surface area (TPSA) is 38.0 Å². The molecule has 0 saturated heterocycles. The first-order chi connectivity index (χ1) is 9.27. The summed E-state index contributed by atoms with van der Waals surface area (Å²) in [5, 5.41) is 3.84. The molecule has 2 heteroatoms. The van der Waals surface area contributed by atoms with E-state index in [1.807, 2.05) is 0 Å². The van der Waals surface area contributed by atoms with Crippen LogP contribution in [0.2, 0.25) is 0 Å². The minimum absolute atomic E-state index is 0.489. The third-order valence-electron chi connectivity index (χ3n) is 6.54. The molecule has 0 aromatic carbocycles. The van der Waals surface area contributed by atoms with E-state index in [1.54, 1.807) is 0 Å². The van der Waals surface area contributed by atoms with E-state index in [4.69, 9.17) is 5.73 Å². The molecule has 4 aliphatic carbocycles. The van der Waals surface area contributed by atoms with Gasteiger partial charge in [0.25, 0.3) is 0 Å². The fourth-order valence-electron chi connectivity index (χ4n) is 6.82. The molecule has 0 spiro atoms. The second kappa shape index (κ2) is 4.71. The van der Waals surface area contributed by atoms with Gasteiger partial charge in [-0.1, -0.05) is 27.7 Å². The summed E-state index contributed by atoms with van der Waals surface area (Å²) in [6.45, 7) is 11.7. The standard InChI is InChI=1S/C18H34N2/c1-13(2)15(8-19)20-12-18-7-14-5-16(3,10-18)9-17(4,6-14)11-18/h13-15,20H,5-12,19H2,1-4H3. The van der Waals surface area contributed by atoms with Crippen molar-refractivity contribution in [1.82, 2.24) is 5.32 Å². The van der Waals surface area contributed by atoms with Crippen molar-refractivity contribution in [3.8, 4) is 0 Å². The van der Waals surface area contributed by atoms with Crippen molar-refractivity contribution in [3.63, 3.8) is 0 Å². The maximum absolute atomic E-state index is 5.94. The summed E-state index contributed by atoms with van der Waals surface area (Å²) < 4.78 is 0. The Morgan fingerprint density at radius 3 is 2.10 bits per heavy atom. The van der Waals surface area contributed by atoms with E-state index in [0.717, 1.165) is 12.5 Å². The lowest BCUT2D eigenvalue weighted by Crippen LogP contribution is -2.59. The maximum Gasteiger partial charge on any atom is 0.0213 e. The highest BCUT2D eigenvalue weighted by molar-refractivity contribution is 5.11. The Hall–Kier alpha value is -0.0800. The predicted octanol–water partition coefficient (Wildman–Crippen LogP) is 3.56. The second-order valence-electron chi connectivity index (χ2n) is 9.60. The van der Waals surface area contributed by atoms with Gasteiger partial charge in [-0.05, 0) is 66.6 Å². The van der Waals surface area contributed by atoms with E-state index < -0.39 is 0 Å². The van der Waals surface area contributed by atoms with Crippen LogP contribution in [0.4, 0.5) is 0 Å². The van der Waals surface area contributed by atoms with Crippen LogP contribution in [0.1, 0.15) is 66.2 Å². The molecule has 4 rings (SSSR count). The quantitative estimate of drug-likeness (QED) is 0.807. The van der Waals surface area contributed by atoms with E-state index in [-0.39, 0.29) is 0 Å². The monoisotopic (exact) mass is 278 g/mol. The third-order valence-corrected chi connectivity index (χ3v) is 6.54. The van der Waals surface area contributed by atoms with Crippen molar-refractivity contribution in [2.45, 2.75) is 72.3 Å². The molecule has 3 N–H and O–H groups in total. The van der Waals surface area contributed by atoms with Crippen molar-refractivity contribution in [2.75, 3.05) is 13.1 Å². The van der Waals surface area contributed by atoms with Gasteiger partial charge in [0, 0.05) is 19.1 Å². The highest BCUT2D eigenvalue weighted by Gasteiger charge is 2.59. The van der Waals surface area contributed by atoms with Gasteiger partial charge in [-0.25, -0.2) is 0 Å².